The van der Waals surface area contributed by atoms with Crippen molar-refractivity contribution in [2.45, 2.75) is 17.9 Å². The topological polar surface area (TPSA) is 104 Å². The monoisotopic (exact) mass is 293 g/mol. The highest BCUT2D eigenvalue weighted by Gasteiger charge is 2.26. The first-order valence-corrected chi connectivity index (χ1v) is 6.77. The quantitative estimate of drug-likeness (QED) is 0.728. The third kappa shape index (κ3) is 3.20. The first-order valence-electron chi connectivity index (χ1n) is 4.90. The largest absolute Gasteiger partial charge is 0.480 e. The molecule has 18 heavy (non-hydrogen) atoms. The van der Waals surface area contributed by atoms with E-state index in [0.717, 1.165) is 0 Å². The number of benzene rings is 1. The second-order valence-electron chi connectivity index (χ2n) is 3.56. The number of sulfonamides is 1. The minimum Gasteiger partial charge on any atom is -0.480 e. The second-order valence-corrected chi connectivity index (χ2v) is 5.65. The molecular formula is C10H12ClNO5S. The van der Waals surface area contributed by atoms with Gasteiger partial charge in [-0.3, -0.25) is 4.79 Å². The number of aliphatic carboxylic acids is 1. The molecule has 0 aliphatic rings. The number of carboxylic acids is 1. The zero-order chi connectivity index (χ0) is 13.9. The van der Waals surface area contributed by atoms with Crippen LogP contribution in [0.3, 0.4) is 0 Å². The van der Waals surface area contributed by atoms with Gasteiger partial charge in [-0.25, -0.2) is 8.42 Å². The lowest BCUT2D eigenvalue weighted by Gasteiger charge is -2.14. The molecule has 1 aromatic rings. The average Bonchev–Trinajstić information content (AvgIpc) is 2.29. The van der Waals surface area contributed by atoms with Crippen molar-refractivity contribution >= 4 is 27.6 Å². The van der Waals surface area contributed by atoms with Crippen molar-refractivity contribution in [3.8, 4) is 0 Å². The fraction of sp³-hybridized carbons (Fsp3) is 0.300. The maximum Gasteiger partial charge on any atom is 0.324 e. The number of nitrogens with one attached hydrogen (secondary N) is 1. The summed E-state index contributed by atoms with van der Waals surface area (Å²) in [6.07, 6.45) is 0. The summed E-state index contributed by atoms with van der Waals surface area (Å²) >= 11 is 5.79. The summed E-state index contributed by atoms with van der Waals surface area (Å²) in [5.41, 5.74) is 0.314. The molecule has 1 atom stereocenters. The van der Waals surface area contributed by atoms with Crippen molar-refractivity contribution in [3.63, 3.8) is 0 Å². The van der Waals surface area contributed by atoms with Gasteiger partial charge in [0.1, 0.15) is 6.04 Å². The Morgan fingerprint density at radius 3 is 2.61 bits per heavy atom. The van der Waals surface area contributed by atoms with Crippen LogP contribution in [0.25, 0.3) is 0 Å². The third-order valence-corrected chi connectivity index (χ3v) is 4.31. The maximum atomic E-state index is 11.9. The highest BCUT2D eigenvalue weighted by molar-refractivity contribution is 7.89. The summed E-state index contributed by atoms with van der Waals surface area (Å²) in [5.74, 6) is -1.46. The highest BCUT2D eigenvalue weighted by Crippen LogP contribution is 2.22. The Hall–Kier alpha value is -1.15. The van der Waals surface area contributed by atoms with Gasteiger partial charge in [0.05, 0.1) is 11.5 Å². The van der Waals surface area contributed by atoms with E-state index >= 15 is 0 Å². The van der Waals surface area contributed by atoms with Gasteiger partial charge in [-0.05, 0) is 24.6 Å². The molecule has 0 aliphatic heterocycles. The van der Waals surface area contributed by atoms with Crippen LogP contribution < -0.4 is 4.72 Å². The molecule has 0 spiro atoms. The predicted molar refractivity (Wildman–Crippen MR) is 65.0 cm³/mol. The second kappa shape index (κ2) is 5.66. The molecule has 0 bridgehead atoms. The Labute approximate surface area is 109 Å². The SMILES string of the molecule is Cc1c(Cl)cccc1S(=O)(=O)N[C@H](CO)C(=O)O. The number of hydrogen-bond donors (Lipinski definition) is 3. The molecule has 1 aromatic carbocycles. The number of hydrogen-bond acceptors (Lipinski definition) is 4. The number of aliphatic hydroxyl groups is 1. The van der Waals surface area contributed by atoms with Crippen molar-refractivity contribution in [1.29, 1.82) is 0 Å². The van der Waals surface area contributed by atoms with Crippen LogP contribution in [0.1, 0.15) is 5.56 Å². The standard InChI is InChI=1S/C10H12ClNO5S/c1-6-7(11)3-2-4-9(6)18(16,17)12-8(5-13)10(14)15/h2-4,8,12-13H,5H2,1H3,(H,14,15)/t8-/m1/s1. The average molecular weight is 294 g/mol. The van der Waals surface area contributed by atoms with Crippen LogP contribution in [0.15, 0.2) is 23.1 Å². The number of rotatable bonds is 5. The Morgan fingerprint density at radius 2 is 2.11 bits per heavy atom. The summed E-state index contributed by atoms with van der Waals surface area (Å²) in [6, 6.07) is 2.68. The molecule has 0 radical (unpaired) electrons. The maximum absolute atomic E-state index is 11.9. The van der Waals surface area contributed by atoms with E-state index in [4.69, 9.17) is 21.8 Å². The normalized spacial score (nSPS) is 13.3. The zero-order valence-corrected chi connectivity index (χ0v) is 11.0. The van der Waals surface area contributed by atoms with E-state index in [-0.39, 0.29) is 9.92 Å². The molecule has 0 fully saturated rings. The molecule has 8 heteroatoms. The van der Waals surface area contributed by atoms with Gasteiger partial charge in [0.2, 0.25) is 10.0 Å². The fourth-order valence-electron chi connectivity index (χ4n) is 1.30. The van der Waals surface area contributed by atoms with E-state index in [2.05, 4.69) is 0 Å². The molecule has 3 N–H and O–H groups in total. The van der Waals surface area contributed by atoms with Crippen molar-refractivity contribution < 1.29 is 23.4 Å². The van der Waals surface area contributed by atoms with Crippen LogP contribution >= 0.6 is 11.6 Å². The summed E-state index contributed by atoms with van der Waals surface area (Å²) in [6.45, 7) is 0.666. The van der Waals surface area contributed by atoms with E-state index in [1.165, 1.54) is 25.1 Å². The third-order valence-electron chi connectivity index (χ3n) is 2.29. The number of carbonyl (C=O) groups is 1. The molecule has 0 amide bonds. The smallest absolute Gasteiger partial charge is 0.324 e. The van der Waals surface area contributed by atoms with Gasteiger partial charge in [0.25, 0.3) is 0 Å². The van der Waals surface area contributed by atoms with Crippen molar-refractivity contribution in [2.24, 2.45) is 0 Å². The van der Waals surface area contributed by atoms with Crippen LogP contribution in [-0.2, 0) is 14.8 Å². The van der Waals surface area contributed by atoms with Crippen LogP contribution in [-0.4, -0.2) is 37.2 Å². The van der Waals surface area contributed by atoms with Gasteiger partial charge in [-0.15, -0.1) is 0 Å². The van der Waals surface area contributed by atoms with Crippen LogP contribution in [0.4, 0.5) is 0 Å². The Kier molecular flexibility index (Phi) is 4.69. The lowest BCUT2D eigenvalue weighted by Crippen LogP contribution is -2.43. The Balaban J connectivity index is 3.14. The van der Waals surface area contributed by atoms with Crippen molar-refractivity contribution in [2.75, 3.05) is 6.61 Å². The molecule has 0 unspecified atom stereocenters. The van der Waals surface area contributed by atoms with E-state index in [0.29, 0.717) is 5.56 Å². The van der Waals surface area contributed by atoms with Crippen LogP contribution in [0.2, 0.25) is 5.02 Å². The molecule has 6 nitrogen and oxygen atoms in total. The van der Waals surface area contributed by atoms with E-state index < -0.39 is 28.6 Å². The van der Waals surface area contributed by atoms with E-state index in [1.54, 1.807) is 0 Å². The first kappa shape index (κ1) is 14.9. The lowest BCUT2D eigenvalue weighted by molar-refractivity contribution is -0.139. The van der Waals surface area contributed by atoms with Gasteiger partial charge < -0.3 is 10.2 Å². The van der Waals surface area contributed by atoms with Gasteiger partial charge in [-0.2, -0.15) is 4.72 Å². The first-order chi connectivity index (χ1) is 8.29. The Bertz CT molecular complexity index is 557. The minimum atomic E-state index is -4.05. The molecule has 0 saturated heterocycles. The summed E-state index contributed by atoms with van der Waals surface area (Å²) in [4.78, 5) is 10.6. The number of aliphatic hydroxyl groups excluding tert-OH is 1. The predicted octanol–water partition coefficient (Wildman–Crippen LogP) is 0.372. The molecule has 1 rings (SSSR count). The summed E-state index contributed by atoms with van der Waals surface area (Å²) in [5, 5.41) is 17.7. The number of carboxylic acid groups (broad SMARTS) is 1. The molecule has 0 aromatic heterocycles. The zero-order valence-electron chi connectivity index (χ0n) is 9.42. The van der Waals surface area contributed by atoms with E-state index in [1.807, 2.05) is 4.72 Å². The fourth-order valence-corrected chi connectivity index (χ4v) is 2.97. The summed E-state index contributed by atoms with van der Waals surface area (Å²) in [7, 11) is -4.05. The highest BCUT2D eigenvalue weighted by atomic mass is 35.5. The van der Waals surface area contributed by atoms with Crippen LogP contribution in [0.5, 0.6) is 0 Å². The molecular weight excluding hydrogens is 282 g/mol. The van der Waals surface area contributed by atoms with Gasteiger partial charge in [-0.1, -0.05) is 17.7 Å². The summed E-state index contributed by atoms with van der Waals surface area (Å²) < 4.78 is 25.8. The van der Waals surface area contributed by atoms with E-state index in [9.17, 15) is 13.2 Å². The van der Waals surface area contributed by atoms with Gasteiger partial charge in [0.15, 0.2) is 0 Å². The van der Waals surface area contributed by atoms with Crippen LogP contribution in [0, 0.1) is 6.92 Å². The number of halogens is 1. The minimum absolute atomic E-state index is 0.116. The van der Waals surface area contributed by atoms with Crippen molar-refractivity contribution in [1.82, 2.24) is 4.72 Å². The van der Waals surface area contributed by atoms with Crippen molar-refractivity contribution in [3.05, 3.63) is 28.8 Å². The molecule has 0 saturated carbocycles. The Morgan fingerprint density at radius 1 is 1.50 bits per heavy atom. The molecule has 0 heterocycles. The molecule has 0 aliphatic carbocycles. The lowest BCUT2D eigenvalue weighted by atomic mass is 10.2. The van der Waals surface area contributed by atoms with Gasteiger partial charge in [0, 0.05) is 5.02 Å². The molecule has 100 valence electrons. The van der Waals surface area contributed by atoms with Gasteiger partial charge >= 0.3 is 5.97 Å².